The fraction of sp³-hybridized carbons (Fsp3) is 0.750. The van der Waals surface area contributed by atoms with Gasteiger partial charge in [0.1, 0.15) is 18.0 Å². The molecule has 122 valence electrons. The second-order valence-corrected chi connectivity index (χ2v) is 6.41. The molecule has 2 aliphatic rings. The highest BCUT2D eigenvalue weighted by Crippen LogP contribution is 2.26. The van der Waals surface area contributed by atoms with Crippen LogP contribution in [0.3, 0.4) is 0 Å². The molecule has 2 N–H and O–H groups in total. The lowest BCUT2D eigenvalue weighted by Crippen LogP contribution is -2.37. The van der Waals surface area contributed by atoms with Gasteiger partial charge in [-0.1, -0.05) is 0 Å². The number of nitrogens with one attached hydrogen (secondary N) is 1. The quantitative estimate of drug-likeness (QED) is 0.862. The van der Waals surface area contributed by atoms with E-state index in [-0.39, 0.29) is 6.61 Å². The van der Waals surface area contributed by atoms with Crippen LogP contribution in [-0.4, -0.2) is 54.0 Å². The molecule has 2 heterocycles. The third-order valence-corrected chi connectivity index (χ3v) is 4.82. The Morgan fingerprint density at radius 3 is 3.05 bits per heavy atom. The summed E-state index contributed by atoms with van der Waals surface area (Å²) in [5.41, 5.74) is 0. The standard InChI is InChI=1S/C16H26N4O2/c1-22-14-5-4-13(7-14)19-15-8-16(18-11-17-15)20-6-2-3-12(9-20)10-21/h8,11-14,21H,2-7,9-10H2,1H3,(H,17,18,19). The first-order valence-electron chi connectivity index (χ1n) is 8.25. The maximum Gasteiger partial charge on any atom is 0.134 e. The maximum absolute atomic E-state index is 9.36. The zero-order valence-corrected chi connectivity index (χ0v) is 13.2. The monoisotopic (exact) mass is 306 g/mol. The fourth-order valence-electron chi connectivity index (χ4n) is 3.52. The lowest BCUT2D eigenvalue weighted by Gasteiger charge is -2.32. The van der Waals surface area contributed by atoms with E-state index in [9.17, 15) is 5.11 Å². The van der Waals surface area contributed by atoms with Gasteiger partial charge < -0.3 is 20.1 Å². The molecule has 0 spiro atoms. The first-order chi connectivity index (χ1) is 10.8. The topological polar surface area (TPSA) is 70.5 Å². The van der Waals surface area contributed by atoms with E-state index >= 15 is 0 Å². The molecule has 1 saturated carbocycles. The molecular weight excluding hydrogens is 280 g/mol. The average molecular weight is 306 g/mol. The summed E-state index contributed by atoms with van der Waals surface area (Å²) in [6.45, 7) is 2.14. The van der Waals surface area contributed by atoms with Crippen molar-refractivity contribution in [3.8, 4) is 0 Å². The summed E-state index contributed by atoms with van der Waals surface area (Å²) in [5.74, 6) is 2.20. The van der Waals surface area contributed by atoms with E-state index in [1.54, 1.807) is 13.4 Å². The Morgan fingerprint density at radius 1 is 1.36 bits per heavy atom. The SMILES string of the molecule is COC1CCC(Nc2cc(N3CCCC(CO)C3)ncn2)C1. The number of ether oxygens (including phenoxy) is 1. The van der Waals surface area contributed by atoms with Gasteiger partial charge in [0.25, 0.3) is 0 Å². The molecule has 0 radical (unpaired) electrons. The molecule has 0 amide bonds. The second-order valence-electron chi connectivity index (χ2n) is 6.41. The number of piperidine rings is 1. The van der Waals surface area contributed by atoms with E-state index in [1.807, 2.05) is 6.07 Å². The van der Waals surface area contributed by atoms with Gasteiger partial charge in [-0.3, -0.25) is 0 Å². The second kappa shape index (κ2) is 7.24. The Labute approximate surface area is 131 Å². The van der Waals surface area contributed by atoms with Crippen LogP contribution in [0.2, 0.25) is 0 Å². The molecule has 2 fully saturated rings. The molecule has 0 bridgehead atoms. The maximum atomic E-state index is 9.36. The Morgan fingerprint density at radius 2 is 2.27 bits per heavy atom. The minimum Gasteiger partial charge on any atom is -0.396 e. The first-order valence-corrected chi connectivity index (χ1v) is 8.25. The minimum absolute atomic E-state index is 0.257. The molecule has 3 rings (SSSR count). The van der Waals surface area contributed by atoms with Crippen molar-refractivity contribution in [1.29, 1.82) is 0 Å². The molecule has 1 saturated heterocycles. The number of rotatable bonds is 5. The number of hydrogen-bond acceptors (Lipinski definition) is 6. The van der Waals surface area contributed by atoms with Crippen LogP contribution in [0.4, 0.5) is 11.6 Å². The number of aliphatic hydroxyl groups is 1. The van der Waals surface area contributed by atoms with Crippen LogP contribution >= 0.6 is 0 Å². The predicted molar refractivity (Wildman–Crippen MR) is 86.1 cm³/mol. The van der Waals surface area contributed by atoms with Crippen molar-refractivity contribution in [2.75, 3.05) is 37.0 Å². The van der Waals surface area contributed by atoms with Crippen LogP contribution in [-0.2, 0) is 4.74 Å². The number of hydrogen-bond donors (Lipinski definition) is 2. The van der Waals surface area contributed by atoms with Crippen LogP contribution in [0.5, 0.6) is 0 Å². The summed E-state index contributed by atoms with van der Waals surface area (Å²) in [7, 11) is 1.78. The number of anilines is 2. The van der Waals surface area contributed by atoms with Gasteiger partial charge in [0.05, 0.1) is 6.10 Å². The Hall–Kier alpha value is -1.40. The zero-order chi connectivity index (χ0) is 15.4. The Kier molecular flexibility index (Phi) is 5.10. The van der Waals surface area contributed by atoms with Crippen LogP contribution in [0.1, 0.15) is 32.1 Å². The minimum atomic E-state index is 0.257. The third kappa shape index (κ3) is 3.67. The van der Waals surface area contributed by atoms with Crippen LogP contribution < -0.4 is 10.2 Å². The Balaban J connectivity index is 1.62. The van der Waals surface area contributed by atoms with Crippen molar-refractivity contribution >= 4 is 11.6 Å². The van der Waals surface area contributed by atoms with E-state index in [1.165, 1.54) is 0 Å². The molecular formula is C16H26N4O2. The Bertz CT molecular complexity index is 485. The van der Waals surface area contributed by atoms with E-state index in [0.29, 0.717) is 18.1 Å². The van der Waals surface area contributed by atoms with Gasteiger partial charge >= 0.3 is 0 Å². The first kappa shape index (κ1) is 15.5. The van der Waals surface area contributed by atoms with E-state index in [0.717, 1.165) is 56.8 Å². The van der Waals surface area contributed by atoms with Crippen LogP contribution in [0.25, 0.3) is 0 Å². The lowest BCUT2D eigenvalue weighted by molar-refractivity contribution is 0.108. The fourth-order valence-corrected chi connectivity index (χ4v) is 3.52. The molecule has 1 aliphatic carbocycles. The van der Waals surface area contributed by atoms with Crippen molar-refractivity contribution in [2.45, 2.75) is 44.2 Å². The highest BCUT2D eigenvalue weighted by Gasteiger charge is 2.25. The zero-order valence-electron chi connectivity index (χ0n) is 13.2. The summed E-state index contributed by atoms with van der Waals surface area (Å²) in [6.07, 6.45) is 7.46. The van der Waals surface area contributed by atoms with Gasteiger partial charge in [-0.15, -0.1) is 0 Å². The van der Waals surface area contributed by atoms with Crippen LogP contribution in [0, 0.1) is 5.92 Å². The summed E-state index contributed by atoms with van der Waals surface area (Å²) < 4.78 is 5.42. The summed E-state index contributed by atoms with van der Waals surface area (Å²) in [5, 5.41) is 12.9. The third-order valence-electron chi connectivity index (χ3n) is 4.82. The molecule has 22 heavy (non-hydrogen) atoms. The molecule has 0 aromatic carbocycles. The van der Waals surface area contributed by atoms with Crippen molar-refractivity contribution in [1.82, 2.24) is 9.97 Å². The van der Waals surface area contributed by atoms with Crippen molar-refractivity contribution in [3.63, 3.8) is 0 Å². The van der Waals surface area contributed by atoms with E-state index in [2.05, 4.69) is 20.2 Å². The van der Waals surface area contributed by atoms with Gasteiger partial charge in [0.2, 0.25) is 0 Å². The normalized spacial score (nSPS) is 28.8. The smallest absolute Gasteiger partial charge is 0.134 e. The molecule has 1 aromatic rings. The van der Waals surface area contributed by atoms with Crippen molar-refractivity contribution in [2.24, 2.45) is 5.92 Å². The van der Waals surface area contributed by atoms with Gasteiger partial charge in [-0.05, 0) is 38.0 Å². The number of aliphatic hydroxyl groups excluding tert-OH is 1. The van der Waals surface area contributed by atoms with Gasteiger partial charge in [0.15, 0.2) is 0 Å². The predicted octanol–water partition coefficient (Wildman–Crippen LogP) is 1.66. The number of aromatic nitrogens is 2. The lowest BCUT2D eigenvalue weighted by atomic mass is 9.99. The van der Waals surface area contributed by atoms with Crippen LogP contribution in [0.15, 0.2) is 12.4 Å². The summed E-state index contributed by atoms with van der Waals surface area (Å²) in [4.78, 5) is 11.0. The summed E-state index contributed by atoms with van der Waals surface area (Å²) in [6, 6.07) is 2.46. The van der Waals surface area contributed by atoms with Crippen molar-refractivity contribution in [3.05, 3.63) is 12.4 Å². The highest BCUT2D eigenvalue weighted by molar-refractivity contribution is 5.49. The number of nitrogens with zero attached hydrogens (tertiary/aromatic N) is 3. The van der Waals surface area contributed by atoms with Gasteiger partial charge in [-0.2, -0.15) is 0 Å². The molecule has 1 aliphatic heterocycles. The number of methoxy groups -OCH3 is 1. The van der Waals surface area contributed by atoms with E-state index < -0.39 is 0 Å². The molecule has 6 heteroatoms. The van der Waals surface area contributed by atoms with Gasteiger partial charge in [0, 0.05) is 38.9 Å². The molecule has 3 unspecified atom stereocenters. The molecule has 6 nitrogen and oxygen atoms in total. The van der Waals surface area contributed by atoms with E-state index in [4.69, 9.17) is 4.74 Å². The largest absolute Gasteiger partial charge is 0.396 e. The average Bonchev–Trinajstić information content (AvgIpc) is 3.03. The highest BCUT2D eigenvalue weighted by atomic mass is 16.5. The molecule has 3 atom stereocenters. The van der Waals surface area contributed by atoms with Crippen molar-refractivity contribution < 1.29 is 9.84 Å². The van der Waals surface area contributed by atoms with Gasteiger partial charge in [-0.25, -0.2) is 9.97 Å². The molecule has 1 aromatic heterocycles. The summed E-state index contributed by atoms with van der Waals surface area (Å²) >= 11 is 0.